The van der Waals surface area contributed by atoms with Crippen molar-refractivity contribution >= 4 is 5.97 Å². The Morgan fingerprint density at radius 1 is 1.50 bits per heavy atom. The standard InChI is InChI=1S/C8H17NO3/c1-6(2)7(8(11)12)9-4-3-5-10/h6-7,9-10H,3-5H2,1-2H3,(H,11,12)/t7-/m0/s1. The third kappa shape index (κ3) is 4.31. The molecule has 0 fully saturated rings. The third-order valence-electron chi connectivity index (χ3n) is 1.63. The molecule has 0 bridgehead atoms. The molecular weight excluding hydrogens is 158 g/mol. The Labute approximate surface area is 72.6 Å². The molecular formula is C8H17NO3. The van der Waals surface area contributed by atoms with Crippen molar-refractivity contribution in [3.05, 3.63) is 0 Å². The highest BCUT2D eigenvalue weighted by molar-refractivity contribution is 5.73. The Morgan fingerprint density at radius 2 is 2.08 bits per heavy atom. The van der Waals surface area contributed by atoms with Gasteiger partial charge in [-0.3, -0.25) is 4.79 Å². The molecule has 1 atom stereocenters. The van der Waals surface area contributed by atoms with E-state index in [1.807, 2.05) is 13.8 Å². The van der Waals surface area contributed by atoms with Gasteiger partial charge in [-0.15, -0.1) is 0 Å². The van der Waals surface area contributed by atoms with Crippen LogP contribution < -0.4 is 5.32 Å². The van der Waals surface area contributed by atoms with E-state index >= 15 is 0 Å². The largest absolute Gasteiger partial charge is 0.480 e. The number of carboxylic acid groups (broad SMARTS) is 1. The van der Waals surface area contributed by atoms with Gasteiger partial charge in [0.25, 0.3) is 0 Å². The van der Waals surface area contributed by atoms with E-state index in [-0.39, 0.29) is 12.5 Å². The van der Waals surface area contributed by atoms with Gasteiger partial charge in [-0.25, -0.2) is 0 Å². The van der Waals surface area contributed by atoms with E-state index in [1.54, 1.807) is 0 Å². The zero-order valence-electron chi connectivity index (χ0n) is 7.58. The molecule has 0 amide bonds. The molecule has 0 spiro atoms. The van der Waals surface area contributed by atoms with Gasteiger partial charge < -0.3 is 15.5 Å². The average Bonchev–Trinajstić information content (AvgIpc) is 1.96. The van der Waals surface area contributed by atoms with Crippen molar-refractivity contribution in [3.8, 4) is 0 Å². The first-order chi connectivity index (χ1) is 5.59. The van der Waals surface area contributed by atoms with Crippen molar-refractivity contribution in [3.63, 3.8) is 0 Å². The first-order valence-corrected chi connectivity index (χ1v) is 4.16. The highest BCUT2D eigenvalue weighted by Crippen LogP contribution is 2.00. The molecule has 0 saturated heterocycles. The number of hydrogen-bond donors (Lipinski definition) is 3. The van der Waals surface area contributed by atoms with E-state index in [0.29, 0.717) is 13.0 Å². The molecule has 0 rings (SSSR count). The highest BCUT2D eigenvalue weighted by Gasteiger charge is 2.19. The topological polar surface area (TPSA) is 69.6 Å². The molecule has 0 unspecified atom stereocenters. The van der Waals surface area contributed by atoms with Crippen molar-refractivity contribution in [2.45, 2.75) is 26.3 Å². The fourth-order valence-corrected chi connectivity index (χ4v) is 0.945. The Bertz CT molecular complexity index is 136. The minimum absolute atomic E-state index is 0.0705. The van der Waals surface area contributed by atoms with Crippen LogP contribution in [0.25, 0.3) is 0 Å². The quantitative estimate of drug-likeness (QED) is 0.499. The summed E-state index contributed by atoms with van der Waals surface area (Å²) in [7, 11) is 0. The second-order valence-corrected chi connectivity index (χ2v) is 3.09. The monoisotopic (exact) mass is 175 g/mol. The van der Waals surface area contributed by atoms with E-state index in [9.17, 15) is 4.79 Å². The summed E-state index contributed by atoms with van der Waals surface area (Å²) in [5, 5.41) is 20.0. The van der Waals surface area contributed by atoms with Crippen LogP contribution in [0, 0.1) is 5.92 Å². The van der Waals surface area contributed by atoms with Crippen molar-refractivity contribution in [2.24, 2.45) is 5.92 Å². The van der Waals surface area contributed by atoms with Crippen LogP contribution in [0.1, 0.15) is 20.3 Å². The first-order valence-electron chi connectivity index (χ1n) is 4.16. The molecule has 0 aliphatic rings. The molecule has 72 valence electrons. The minimum Gasteiger partial charge on any atom is -0.480 e. The normalized spacial score (nSPS) is 13.3. The Kier molecular flexibility index (Phi) is 5.66. The van der Waals surface area contributed by atoms with Gasteiger partial charge in [0.05, 0.1) is 0 Å². The summed E-state index contributed by atoms with van der Waals surface area (Å²) in [4.78, 5) is 10.6. The minimum atomic E-state index is -0.831. The molecule has 0 aliphatic carbocycles. The molecule has 4 heteroatoms. The van der Waals surface area contributed by atoms with E-state index in [1.165, 1.54) is 0 Å². The van der Waals surface area contributed by atoms with Crippen LogP contribution >= 0.6 is 0 Å². The van der Waals surface area contributed by atoms with Crippen LogP contribution in [0.15, 0.2) is 0 Å². The van der Waals surface area contributed by atoms with Gasteiger partial charge in [-0.2, -0.15) is 0 Å². The molecule has 0 aromatic heterocycles. The van der Waals surface area contributed by atoms with Crippen molar-refractivity contribution in [2.75, 3.05) is 13.2 Å². The number of carbonyl (C=O) groups is 1. The van der Waals surface area contributed by atoms with Crippen molar-refractivity contribution in [1.29, 1.82) is 0 Å². The zero-order chi connectivity index (χ0) is 9.56. The summed E-state index contributed by atoms with van der Waals surface area (Å²) >= 11 is 0. The van der Waals surface area contributed by atoms with Crippen LogP contribution in [-0.4, -0.2) is 35.4 Å². The van der Waals surface area contributed by atoms with Crippen molar-refractivity contribution in [1.82, 2.24) is 5.32 Å². The van der Waals surface area contributed by atoms with Crippen LogP contribution in [0.2, 0.25) is 0 Å². The molecule has 0 saturated carbocycles. The van der Waals surface area contributed by atoms with E-state index in [0.717, 1.165) is 0 Å². The van der Waals surface area contributed by atoms with Crippen LogP contribution in [0.4, 0.5) is 0 Å². The summed E-state index contributed by atoms with van der Waals surface area (Å²) in [6, 6.07) is -0.503. The highest BCUT2D eigenvalue weighted by atomic mass is 16.4. The van der Waals surface area contributed by atoms with Gasteiger partial charge in [-0.05, 0) is 18.9 Å². The number of hydrogen-bond acceptors (Lipinski definition) is 3. The number of carboxylic acids is 1. The molecule has 0 aliphatic heterocycles. The van der Waals surface area contributed by atoms with Gasteiger partial charge in [0.1, 0.15) is 6.04 Å². The summed E-state index contributed by atoms with van der Waals surface area (Å²) < 4.78 is 0. The first kappa shape index (κ1) is 11.4. The molecule has 12 heavy (non-hydrogen) atoms. The Hall–Kier alpha value is -0.610. The average molecular weight is 175 g/mol. The lowest BCUT2D eigenvalue weighted by molar-refractivity contribution is -0.140. The fraction of sp³-hybridized carbons (Fsp3) is 0.875. The van der Waals surface area contributed by atoms with Crippen LogP contribution in [-0.2, 0) is 4.79 Å². The Morgan fingerprint density at radius 3 is 2.42 bits per heavy atom. The predicted octanol–water partition coefficient (Wildman–Crippen LogP) is 0.0676. The predicted molar refractivity (Wildman–Crippen MR) is 46.0 cm³/mol. The number of aliphatic hydroxyl groups is 1. The van der Waals surface area contributed by atoms with Gasteiger partial charge in [0, 0.05) is 6.61 Å². The number of aliphatic hydroxyl groups excluding tert-OH is 1. The van der Waals surface area contributed by atoms with Crippen molar-refractivity contribution < 1.29 is 15.0 Å². The smallest absolute Gasteiger partial charge is 0.320 e. The second-order valence-electron chi connectivity index (χ2n) is 3.09. The molecule has 0 aromatic carbocycles. The van der Waals surface area contributed by atoms with Gasteiger partial charge in [0.15, 0.2) is 0 Å². The van der Waals surface area contributed by atoms with E-state index < -0.39 is 12.0 Å². The molecule has 0 heterocycles. The maximum absolute atomic E-state index is 10.6. The lowest BCUT2D eigenvalue weighted by Gasteiger charge is -2.17. The molecule has 0 radical (unpaired) electrons. The lowest BCUT2D eigenvalue weighted by atomic mass is 10.1. The van der Waals surface area contributed by atoms with Crippen LogP contribution in [0.5, 0.6) is 0 Å². The number of aliphatic carboxylic acids is 1. The molecule has 0 aromatic rings. The number of nitrogens with one attached hydrogen (secondary N) is 1. The summed E-state index contributed by atoms with van der Waals surface area (Å²) in [5.74, 6) is -0.760. The maximum Gasteiger partial charge on any atom is 0.320 e. The summed E-state index contributed by atoms with van der Waals surface area (Å²) in [6.07, 6.45) is 0.594. The molecule has 4 nitrogen and oxygen atoms in total. The summed E-state index contributed by atoms with van der Waals surface area (Å²) in [6.45, 7) is 4.35. The van der Waals surface area contributed by atoms with Crippen LogP contribution in [0.3, 0.4) is 0 Å². The lowest BCUT2D eigenvalue weighted by Crippen LogP contribution is -2.41. The maximum atomic E-state index is 10.6. The zero-order valence-corrected chi connectivity index (χ0v) is 7.58. The fourth-order valence-electron chi connectivity index (χ4n) is 0.945. The van der Waals surface area contributed by atoms with E-state index in [4.69, 9.17) is 10.2 Å². The molecule has 3 N–H and O–H groups in total. The second kappa shape index (κ2) is 5.97. The Balaban J connectivity index is 3.72. The van der Waals surface area contributed by atoms with Gasteiger partial charge >= 0.3 is 5.97 Å². The summed E-state index contributed by atoms with van der Waals surface area (Å²) in [5.41, 5.74) is 0. The third-order valence-corrected chi connectivity index (χ3v) is 1.63. The van der Waals surface area contributed by atoms with Gasteiger partial charge in [0.2, 0.25) is 0 Å². The van der Waals surface area contributed by atoms with E-state index in [2.05, 4.69) is 5.32 Å². The van der Waals surface area contributed by atoms with Gasteiger partial charge in [-0.1, -0.05) is 13.8 Å². The number of rotatable bonds is 6. The SMILES string of the molecule is CC(C)[C@H](NCCCO)C(=O)O.